The van der Waals surface area contributed by atoms with Gasteiger partial charge in [0.2, 0.25) is 0 Å². The molecular weight excluding hydrogens is 386 g/mol. The van der Waals surface area contributed by atoms with Crippen LogP contribution in [0.2, 0.25) is 5.02 Å². The largest absolute Gasteiger partial charge is 0.497 e. The number of nitrogens with zero attached hydrogens (tertiary/aromatic N) is 1. The average Bonchev–Trinajstić information content (AvgIpc) is 2.70. The first-order valence-electron chi connectivity index (χ1n) is 8.39. The van der Waals surface area contributed by atoms with Crippen molar-refractivity contribution in [1.29, 1.82) is 0 Å². The van der Waals surface area contributed by atoms with Gasteiger partial charge < -0.3 is 20.1 Å². The molecule has 28 heavy (non-hydrogen) atoms. The number of benzene rings is 1. The standard InChI is InChI=1S/C19H20ClN3O5/c1-12(18(25)22-10-13-3-5-15(27-2)6-4-13)28-17(24)11-23-19(26)16-9-14(20)7-8-21-16/h3-9,12H,10-11H2,1-2H3,(H,22,25)(H,23,26)/t12-/m1/s1. The van der Waals surface area contributed by atoms with Gasteiger partial charge in [-0.25, -0.2) is 0 Å². The second-order valence-electron chi connectivity index (χ2n) is 5.74. The molecule has 2 rings (SSSR count). The summed E-state index contributed by atoms with van der Waals surface area (Å²) in [6.07, 6.45) is 0.372. The van der Waals surface area contributed by atoms with Crippen molar-refractivity contribution in [2.75, 3.05) is 13.7 Å². The summed E-state index contributed by atoms with van der Waals surface area (Å²) in [5.41, 5.74) is 0.944. The van der Waals surface area contributed by atoms with E-state index in [1.807, 2.05) is 12.1 Å². The molecule has 9 heteroatoms. The number of aromatic nitrogens is 1. The Hall–Kier alpha value is -3.13. The van der Waals surface area contributed by atoms with Crippen LogP contribution < -0.4 is 15.4 Å². The Morgan fingerprint density at radius 1 is 1.14 bits per heavy atom. The third kappa shape index (κ3) is 6.55. The maximum Gasteiger partial charge on any atom is 0.326 e. The molecule has 0 unspecified atom stereocenters. The Bertz CT molecular complexity index is 842. The summed E-state index contributed by atoms with van der Waals surface area (Å²) in [7, 11) is 1.57. The van der Waals surface area contributed by atoms with E-state index in [2.05, 4.69) is 15.6 Å². The zero-order valence-electron chi connectivity index (χ0n) is 15.4. The molecule has 148 valence electrons. The number of carbonyl (C=O) groups excluding carboxylic acids is 3. The number of hydrogen-bond donors (Lipinski definition) is 2. The van der Waals surface area contributed by atoms with Crippen molar-refractivity contribution in [1.82, 2.24) is 15.6 Å². The maximum atomic E-state index is 12.0. The fourth-order valence-corrected chi connectivity index (χ4v) is 2.30. The van der Waals surface area contributed by atoms with E-state index in [-0.39, 0.29) is 12.2 Å². The molecule has 0 spiro atoms. The highest BCUT2D eigenvalue weighted by molar-refractivity contribution is 6.30. The minimum Gasteiger partial charge on any atom is -0.497 e. The van der Waals surface area contributed by atoms with E-state index in [1.54, 1.807) is 19.2 Å². The van der Waals surface area contributed by atoms with Crippen molar-refractivity contribution in [3.05, 3.63) is 58.9 Å². The van der Waals surface area contributed by atoms with E-state index in [0.29, 0.717) is 10.8 Å². The molecule has 0 saturated carbocycles. The highest BCUT2D eigenvalue weighted by Crippen LogP contribution is 2.11. The van der Waals surface area contributed by atoms with E-state index >= 15 is 0 Å². The van der Waals surface area contributed by atoms with Crippen LogP contribution in [0.15, 0.2) is 42.6 Å². The molecule has 1 atom stereocenters. The van der Waals surface area contributed by atoms with E-state index in [0.717, 1.165) is 5.56 Å². The number of nitrogens with one attached hydrogen (secondary N) is 2. The van der Waals surface area contributed by atoms with Crippen molar-refractivity contribution in [3.8, 4) is 5.75 Å². The fourth-order valence-electron chi connectivity index (χ4n) is 2.14. The van der Waals surface area contributed by atoms with Gasteiger partial charge in [0.25, 0.3) is 11.8 Å². The first-order valence-corrected chi connectivity index (χ1v) is 8.76. The number of halogens is 1. The van der Waals surface area contributed by atoms with Crippen LogP contribution >= 0.6 is 11.6 Å². The van der Waals surface area contributed by atoms with Crippen LogP contribution in [0.4, 0.5) is 0 Å². The van der Waals surface area contributed by atoms with Crippen LogP contribution in [0.25, 0.3) is 0 Å². The molecule has 2 N–H and O–H groups in total. The molecule has 1 aromatic heterocycles. The molecule has 2 aromatic rings. The normalized spacial score (nSPS) is 11.2. The van der Waals surface area contributed by atoms with Crippen LogP contribution in [0.3, 0.4) is 0 Å². The number of amides is 2. The minimum absolute atomic E-state index is 0.0746. The Kier molecular flexibility index (Phi) is 7.76. The first-order chi connectivity index (χ1) is 13.4. The Morgan fingerprint density at radius 3 is 2.50 bits per heavy atom. The summed E-state index contributed by atoms with van der Waals surface area (Å²) >= 11 is 5.78. The van der Waals surface area contributed by atoms with E-state index in [9.17, 15) is 14.4 Å². The number of methoxy groups -OCH3 is 1. The molecule has 0 fully saturated rings. The van der Waals surface area contributed by atoms with E-state index in [4.69, 9.17) is 21.1 Å². The summed E-state index contributed by atoms with van der Waals surface area (Å²) in [6, 6.07) is 10.1. The van der Waals surface area contributed by atoms with Gasteiger partial charge in [-0.05, 0) is 36.8 Å². The lowest BCUT2D eigenvalue weighted by Crippen LogP contribution is -2.38. The van der Waals surface area contributed by atoms with Gasteiger partial charge >= 0.3 is 5.97 Å². The Labute approximate surface area is 167 Å². The Morgan fingerprint density at radius 2 is 1.86 bits per heavy atom. The van der Waals surface area contributed by atoms with Gasteiger partial charge in [0.05, 0.1) is 7.11 Å². The summed E-state index contributed by atoms with van der Waals surface area (Å²) in [4.78, 5) is 39.6. The summed E-state index contributed by atoms with van der Waals surface area (Å²) in [5.74, 6) is -1.06. The molecule has 0 saturated heterocycles. The van der Waals surface area contributed by atoms with Crippen LogP contribution in [0.1, 0.15) is 23.0 Å². The lowest BCUT2D eigenvalue weighted by atomic mass is 10.2. The summed E-state index contributed by atoms with van der Waals surface area (Å²) in [6.45, 7) is 1.33. The quantitative estimate of drug-likeness (QED) is 0.648. The Balaban J connectivity index is 1.74. The second-order valence-corrected chi connectivity index (χ2v) is 6.18. The van der Waals surface area contributed by atoms with Crippen LogP contribution in [0, 0.1) is 0 Å². The average molecular weight is 406 g/mol. The second kappa shape index (κ2) is 10.3. The van der Waals surface area contributed by atoms with Gasteiger partial charge in [-0.3, -0.25) is 19.4 Å². The third-order valence-corrected chi connectivity index (χ3v) is 3.89. The molecule has 0 aliphatic carbocycles. The molecule has 1 heterocycles. The van der Waals surface area contributed by atoms with Gasteiger partial charge in [-0.15, -0.1) is 0 Å². The first kappa shape index (κ1) is 21.2. The molecule has 1 aromatic carbocycles. The van der Waals surface area contributed by atoms with Crippen molar-refractivity contribution in [2.24, 2.45) is 0 Å². The summed E-state index contributed by atoms with van der Waals surface area (Å²) in [5, 5.41) is 5.38. The van der Waals surface area contributed by atoms with E-state index < -0.39 is 30.4 Å². The molecule has 0 aliphatic heterocycles. The lowest BCUT2D eigenvalue weighted by molar-refractivity contribution is -0.153. The van der Waals surface area contributed by atoms with Gasteiger partial charge in [0.1, 0.15) is 18.0 Å². The van der Waals surface area contributed by atoms with Gasteiger partial charge in [-0.2, -0.15) is 0 Å². The van der Waals surface area contributed by atoms with Crippen molar-refractivity contribution < 1.29 is 23.9 Å². The summed E-state index contributed by atoms with van der Waals surface area (Å²) < 4.78 is 10.1. The lowest BCUT2D eigenvalue weighted by Gasteiger charge is -2.14. The molecule has 8 nitrogen and oxygen atoms in total. The smallest absolute Gasteiger partial charge is 0.326 e. The van der Waals surface area contributed by atoms with Gasteiger partial charge in [-0.1, -0.05) is 23.7 Å². The number of hydrogen-bond acceptors (Lipinski definition) is 6. The molecule has 2 amide bonds. The molecule has 0 bridgehead atoms. The van der Waals surface area contributed by atoms with Gasteiger partial charge in [0, 0.05) is 17.8 Å². The minimum atomic E-state index is -1.01. The monoisotopic (exact) mass is 405 g/mol. The molecule has 0 radical (unpaired) electrons. The highest BCUT2D eigenvalue weighted by atomic mass is 35.5. The van der Waals surface area contributed by atoms with Crippen LogP contribution in [0.5, 0.6) is 5.75 Å². The highest BCUT2D eigenvalue weighted by Gasteiger charge is 2.18. The number of rotatable bonds is 8. The zero-order chi connectivity index (χ0) is 20.5. The predicted molar refractivity (Wildman–Crippen MR) is 102 cm³/mol. The predicted octanol–water partition coefficient (Wildman–Crippen LogP) is 1.72. The molecule has 0 aliphatic rings. The van der Waals surface area contributed by atoms with Crippen molar-refractivity contribution >= 4 is 29.4 Å². The number of pyridine rings is 1. The van der Waals surface area contributed by atoms with Crippen molar-refractivity contribution in [2.45, 2.75) is 19.6 Å². The number of carbonyl (C=O) groups is 3. The van der Waals surface area contributed by atoms with Crippen LogP contribution in [-0.4, -0.2) is 42.5 Å². The van der Waals surface area contributed by atoms with Gasteiger partial charge in [0.15, 0.2) is 6.10 Å². The fraction of sp³-hybridized carbons (Fsp3) is 0.263. The van der Waals surface area contributed by atoms with Crippen LogP contribution in [-0.2, 0) is 20.9 Å². The number of ether oxygens (including phenoxy) is 2. The SMILES string of the molecule is COc1ccc(CNC(=O)[C@@H](C)OC(=O)CNC(=O)c2cc(Cl)ccn2)cc1. The molecular formula is C19H20ClN3O5. The third-order valence-electron chi connectivity index (χ3n) is 3.65. The van der Waals surface area contributed by atoms with Crippen molar-refractivity contribution in [3.63, 3.8) is 0 Å². The number of esters is 1. The maximum absolute atomic E-state index is 12.0. The topological polar surface area (TPSA) is 107 Å². The zero-order valence-corrected chi connectivity index (χ0v) is 16.2. The van der Waals surface area contributed by atoms with E-state index in [1.165, 1.54) is 25.3 Å².